The number of rotatable bonds is 7. The van der Waals surface area contributed by atoms with E-state index < -0.39 is 0 Å². The lowest BCUT2D eigenvalue weighted by molar-refractivity contribution is 0.0953. The predicted octanol–water partition coefficient (Wildman–Crippen LogP) is 1.29. The number of pyridine rings is 1. The van der Waals surface area contributed by atoms with Gasteiger partial charge in [-0.05, 0) is 25.5 Å². The molecule has 8 nitrogen and oxygen atoms in total. The molecule has 2 aromatic rings. The first-order chi connectivity index (χ1) is 11.6. The van der Waals surface area contributed by atoms with Gasteiger partial charge in [0.05, 0.1) is 11.6 Å². The van der Waals surface area contributed by atoms with E-state index >= 15 is 0 Å². The Morgan fingerprint density at radius 3 is 2.67 bits per heavy atom. The number of nitrogens with one attached hydrogen (secondary N) is 4. The first kappa shape index (κ1) is 17.5. The van der Waals surface area contributed by atoms with Gasteiger partial charge < -0.3 is 20.9 Å². The molecule has 0 bridgehead atoms. The van der Waals surface area contributed by atoms with Gasteiger partial charge in [0, 0.05) is 37.4 Å². The summed E-state index contributed by atoms with van der Waals surface area (Å²) in [5.74, 6) is 0.512. The number of carbonyl (C=O) groups excluding carboxylic acids is 2. The van der Waals surface area contributed by atoms with Gasteiger partial charge in [-0.15, -0.1) is 0 Å². The van der Waals surface area contributed by atoms with Crippen LogP contribution in [0.3, 0.4) is 0 Å². The summed E-state index contributed by atoms with van der Waals surface area (Å²) in [6, 6.07) is 2.90. The molecule has 128 valence electrons. The number of aryl methyl sites for hydroxylation is 1. The normalized spacial score (nSPS) is 11.6. The van der Waals surface area contributed by atoms with Gasteiger partial charge in [-0.3, -0.25) is 9.78 Å². The topological polar surface area (TPSA) is 112 Å². The smallest absolute Gasteiger partial charge is 0.315 e. The number of carbonyl (C=O) groups is 2. The molecule has 3 amide bonds. The van der Waals surface area contributed by atoms with Crippen LogP contribution in [0.15, 0.2) is 30.7 Å². The van der Waals surface area contributed by atoms with Crippen LogP contribution in [0.2, 0.25) is 0 Å². The van der Waals surface area contributed by atoms with Gasteiger partial charge in [-0.1, -0.05) is 6.92 Å². The second-order valence-corrected chi connectivity index (χ2v) is 5.31. The summed E-state index contributed by atoms with van der Waals surface area (Å²) >= 11 is 0. The summed E-state index contributed by atoms with van der Waals surface area (Å²) in [6.45, 7) is 4.54. The maximum Gasteiger partial charge on any atom is 0.315 e. The molecule has 2 heterocycles. The minimum Gasteiger partial charge on any atom is -0.350 e. The van der Waals surface area contributed by atoms with Crippen molar-refractivity contribution in [2.45, 2.75) is 26.3 Å². The van der Waals surface area contributed by atoms with Crippen LogP contribution in [-0.4, -0.2) is 40.0 Å². The third-order valence-corrected chi connectivity index (χ3v) is 3.39. The number of urea groups is 1. The van der Waals surface area contributed by atoms with Gasteiger partial charge in [0.2, 0.25) is 0 Å². The Labute approximate surface area is 140 Å². The Hall–Kier alpha value is -2.90. The summed E-state index contributed by atoms with van der Waals surface area (Å²) < 4.78 is 0. The van der Waals surface area contributed by atoms with Crippen molar-refractivity contribution in [3.63, 3.8) is 0 Å². The molecule has 0 radical (unpaired) electrons. The van der Waals surface area contributed by atoms with Crippen LogP contribution < -0.4 is 16.0 Å². The number of hydrogen-bond donors (Lipinski definition) is 4. The minimum atomic E-state index is -0.300. The molecule has 0 aromatic carbocycles. The fourth-order valence-electron chi connectivity index (χ4n) is 2.13. The number of H-pyrrole nitrogens is 1. The average molecular weight is 330 g/mol. The standard InChI is InChI=1S/C16H22N6O2/c1-3-13(14-20-9-11(2)21-14)22-16(24)19-8-7-18-15(23)12-5-4-6-17-10-12/h4-6,9-10,13H,3,7-8H2,1-2H3,(H,18,23)(H,20,21)(H2,19,22,24). The van der Waals surface area contributed by atoms with Gasteiger partial charge in [0.1, 0.15) is 5.82 Å². The number of aromatic nitrogens is 3. The van der Waals surface area contributed by atoms with Gasteiger partial charge >= 0.3 is 6.03 Å². The van der Waals surface area contributed by atoms with E-state index in [1.807, 2.05) is 13.8 Å². The molecule has 2 aromatic heterocycles. The number of imidazole rings is 1. The summed E-state index contributed by atoms with van der Waals surface area (Å²) in [4.78, 5) is 35.0. The highest BCUT2D eigenvalue weighted by Crippen LogP contribution is 2.12. The number of aromatic amines is 1. The zero-order valence-electron chi connectivity index (χ0n) is 13.8. The molecule has 4 N–H and O–H groups in total. The van der Waals surface area contributed by atoms with Crippen LogP contribution in [0, 0.1) is 6.92 Å². The van der Waals surface area contributed by atoms with Crippen LogP contribution in [0.4, 0.5) is 4.79 Å². The highest BCUT2D eigenvalue weighted by molar-refractivity contribution is 5.93. The Balaban J connectivity index is 1.70. The Morgan fingerprint density at radius 2 is 2.04 bits per heavy atom. The summed E-state index contributed by atoms with van der Waals surface area (Å²) in [7, 11) is 0. The molecular formula is C16H22N6O2. The Morgan fingerprint density at radius 1 is 1.25 bits per heavy atom. The van der Waals surface area contributed by atoms with Crippen molar-refractivity contribution in [3.8, 4) is 0 Å². The molecule has 2 rings (SSSR count). The van der Waals surface area contributed by atoms with Crippen molar-refractivity contribution >= 4 is 11.9 Å². The molecule has 0 spiro atoms. The molecule has 0 saturated heterocycles. The second kappa shape index (κ2) is 8.66. The molecule has 0 fully saturated rings. The zero-order chi connectivity index (χ0) is 17.4. The molecule has 24 heavy (non-hydrogen) atoms. The maximum atomic E-state index is 11.9. The zero-order valence-corrected chi connectivity index (χ0v) is 13.8. The maximum absolute atomic E-state index is 11.9. The fraction of sp³-hybridized carbons (Fsp3) is 0.375. The summed E-state index contributed by atoms with van der Waals surface area (Å²) in [5.41, 5.74) is 1.44. The van der Waals surface area contributed by atoms with E-state index in [9.17, 15) is 9.59 Å². The van der Waals surface area contributed by atoms with Gasteiger partial charge in [0.15, 0.2) is 0 Å². The van der Waals surface area contributed by atoms with Crippen LogP contribution in [-0.2, 0) is 0 Å². The third kappa shape index (κ3) is 5.08. The summed E-state index contributed by atoms with van der Waals surface area (Å²) in [6.07, 6.45) is 5.55. The fourth-order valence-corrected chi connectivity index (χ4v) is 2.13. The lowest BCUT2D eigenvalue weighted by atomic mass is 10.2. The van der Waals surface area contributed by atoms with Gasteiger partial charge in [0.25, 0.3) is 5.91 Å². The molecular weight excluding hydrogens is 308 g/mol. The van der Waals surface area contributed by atoms with Crippen molar-refractivity contribution < 1.29 is 9.59 Å². The molecule has 0 aliphatic rings. The van der Waals surface area contributed by atoms with Crippen LogP contribution >= 0.6 is 0 Å². The van der Waals surface area contributed by atoms with Gasteiger partial charge in [-0.2, -0.15) is 0 Å². The lowest BCUT2D eigenvalue weighted by Gasteiger charge is -2.15. The highest BCUT2D eigenvalue weighted by atomic mass is 16.2. The monoisotopic (exact) mass is 330 g/mol. The van der Waals surface area contributed by atoms with Gasteiger partial charge in [-0.25, -0.2) is 9.78 Å². The number of nitrogens with zero attached hydrogens (tertiary/aromatic N) is 2. The van der Waals surface area contributed by atoms with Crippen LogP contribution in [0.25, 0.3) is 0 Å². The molecule has 0 saturated carbocycles. The minimum absolute atomic E-state index is 0.177. The van der Waals surface area contributed by atoms with E-state index in [0.29, 0.717) is 18.7 Å². The Kier molecular flexibility index (Phi) is 6.30. The molecule has 1 atom stereocenters. The predicted molar refractivity (Wildman–Crippen MR) is 89.5 cm³/mol. The van der Waals surface area contributed by atoms with E-state index in [2.05, 4.69) is 30.9 Å². The molecule has 0 aliphatic heterocycles. The van der Waals surface area contributed by atoms with E-state index in [1.165, 1.54) is 6.20 Å². The van der Waals surface area contributed by atoms with E-state index in [-0.39, 0.29) is 18.0 Å². The van der Waals surface area contributed by atoms with Crippen molar-refractivity contribution in [1.29, 1.82) is 0 Å². The SMILES string of the molecule is CCC(NC(=O)NCCNC(=O)c1cccnc1)c1ncc(C)[nH]1. The van der Waals surface area contributed by atoms with Crippen LogP contribution in [0.5, 0.6) is 0 Å². The molecule has 0 aliphatic carbocycles. The van der Waals surface area contributed by atoms with Crippen molar-refractivity contribution in [2.75, 3.05) is 13.1 Å². The third-order valence-electron chi connectivity index (χ3n) is 3.39. The average Bonchev–Trinajstić information content (AvgIpc) is 3.03. The van der Waals surface area contributed by atoms with Crippen molar-refractivity contribution in [2.24, 2.45) is 0 Å². The quantitative estimate of drug-likeness (QED) is 0.573. The van der Waals surface area contributed by atoms with Crippen molar-refractivity contribution in [3.05, 3.63) is 47.8 Å². The van der Waals surface area contributed by atoms with E-state index in [1.54, 1.807) is 24.5 Å². The van der Waals surface area contributed by atoms with E-state index in [4.69, 9.17) is 0 Å². The van der Waals surface area contributed by atoms with E-state index in [0.717, 1.165) is 17.9 Å². The number of amides is 3. The summed E-state index contributed by atoms with van der Waals surface area (Å²) in [5, 5.41) is 8.28. The largest absolute Gasteiger partial charge is 0.350 e. The second-order valence-electron chi connectivity index (χ2n) is 5.31. The molecule has 8 heteroatoms. The lowest BCUT2D eigenvalue weighted by Crippen LogP contribution is -2.41. The first-order valence-electron chi connectivity index (χ1n) is 7.84. The van der Waals surface area contributed by atoms with Crippen LogP contribution in [0.1, 0.15) is 41.3 Å². The van der Waals surface area contributed by atoms with Crippen molar-refractivity contribution in [1.82, 2.24) is 30.9 Å². The Bertz CT molecular complexity index is 670. The highest BCUT2D eigenvalue weighted by Gasteiger charge is 2.15. The molecule has 1 unspecified atom stereocenters. The number of hydrogen-bond acceptors (Lipinski definition) is 4. The first-order valence-corrected chi connectivity index (χ1v) is 7.84.